The van der Waals surface area contributed by atoms with Crippen LogP contribution in [0.5, 0.6) is 0 Å². The van der Waals surface area contributed by atoms with E-state index in [1.165, 1.54) is 18.2 Å². The average molecular weight is 1250 g/mol. The van der Waals surface area contributed by atoms with Crippen LogP contribution in [0.2, 0.25) is 0 Å². The smallest absolute Gasteiger partial charge is 0.330 e. The van der Waals surface area contributed by atoms with Gasteiger partial charge in [0.2, 0.25) is 5.91 Å². The molecule has 1 heterocycles. The third-order valence-electron chi connectivity index (χ3n) is 22.5. The lowest BCUT2D eigenvalue weighted by Gasteiger charge is -2.56. The predicted molar refractivity (Wildman–Crippen MR) is 340 cm³/mol. The van der Waals surface area contributed by atoms with Crippen molar-refractivity contribution in [2.24, 2.45) is 53.3 Å². The molecule has 8 aliphatic rings. The van der Waals surface area contributed by atoms with Gasteiger partial charge in [-0.2, -0.15) is 0 Å². The summed E-state index contributed by atoms with van der Waals surface area (Å²) in [5.41, 5.74) is -1.000. The van der Waals surface area contributed by atoms with Crippen LogP contribution in [0.25, 0.3) is 0 Å². The Bertz CT molecular complexity index is 2110. The number of aliphatic hydroxyl groups is 1. The Morgan fingerprint density at radius 3 is 1.08 bits per heavy atom. The van der Waals surface area contributed by atoms with Gasteiger partial charge in [0.15, 0.2) is 0 Å². The van der Waals surface area contributed by atoms with Crippen LogP contribution in [0.4, 0.5) is 0 Å². The summed E-state index contributed by atoms with van der Waals surface area (Å²) in [6.45, 7) is 14.4. The summed E-state index contributed by atoms with van der Waals surface area (Å²) >= 11 is 0. The van der Waals surface area contributed by atoms with Crippen molar-refractivity contribution in [3.8, 4) is 0 Å². The van der Waals surface area contributed by atoms with Crippen molar-refractivity contribution >= 4 is 35.8 Å². The third-order valence-corrected chi connectivity index (χ3v) is 22.5. The predicted octanol–water partition coefficient (Wildman–Crippen LogP) is 13.6. The van der Waals surface area contributed by atoms with Crippen LogP contribution in [0.15, 0.2) is 38.0 Å². The number of hydrogen-bond donors (Lipinski definition) is 1. The number of carbonyl (C=O) groups is 6. The summed E-state index contributed by atoms with van der Waals surface area (Å²) in [6.07, 6.45) is 38.4. The van der Waals surface area contributed by atoms with Crippen LogP contribution >= 0.6 is 0 Å². The van der Waals surface area contributed by atoms with E-state index >= 15 is 0 Å². The highest BCUT2D eigenvalue weighted by atomic mass is 16.6. The molecule has 0 spiro atoms. The number of fused-ring (bicyclic) bond motifs is 2. The van der Waals surface area contributed by atoms with E-state index in [0.717, 1.165) is 244 Å². The van der Waals surface area contributed by atoms with Crippen molar-refractivity contribution in [1.29, 1.82) is 0 Å². The molecule has 7 saturated carbocycles. The van der Waals surface area contributed by atoms with E-state index in [9.17, 15) is 33.9 Å². The second kappa shape index (κ2) is 37.5. The molecular weight excluding hydrogens is 1130 g/mol. The van der Waals surface area contributed by atoms with Gasteiger partial charge in [-0.3, -0.25) is 14.4 Å². The molecule has 1 saturated heterocycles. The zero-order valence-electron chi connectivity index (χ0n) is 54.4. The Kier molecular flexibility index (Phi) is 29.8. The molecule has 0 aromatic rings. The number of nitrogens with zero attached hydrogens (tertiary/aromatic N) is 1. The monoisotopic (exact) mass is 1250 g/mol. The number of esters is 5. The average Bonchev–Trinajstić information content (AvgIpc) is 1.92. The maximum atomic E-state index is 15.0. The SMILES string of the molecule is C=CC(=O)OCCCCCCOC1CCC(C(=O)OC2CCC3CC(C(O)(C4CCC5CC(OC(=O)C6CCC(OCCCCCCOC(=O)C=C)CC6)CCC5C4)[C@@H]4CCCN4C(=O)C4CCC(OCCCCCCOC(=O)C=C)CC4)CCC3C2)CC1. The van der Waals surface area contributed by atoms with Gasteiger partial charge in [-0.05, 0) is 260 Å². The lowest BCUT2D eigenvalue weighted by molar-refractivity contribution is -0.175. The Balaban J connectivity index is 0.806. The molecule has 1 aliphatic heterocycles. The summed E-state index contributed by atoms with van der Waals surface area (Å²) in [5, 5.41) is 14.1. The van der Waals surface area contributed by atoms with Gasteiger partial charge < -0.3 is 47.9 Å². The topological polar surface area (TPSA) is 200 Å². The van der Waals surface area contributed by atoms with Crippen molar-refractivity contribution in [3.05, 3.63) is 38.0 Å². The fraction of sp³-hybridized carbons (Fsp3) is 0.836. The largest absolute Gasteiger partial charge is 0.463 e. The second-order valence-electron chi connectivity index (χ2n) is 28.3. The van der Waals surface area contributed by atoms with Crippen LogP contribution in [0.3, 0.4) is 0 Å². The van der Waals surface area contributed by atoms with Crippen LogP contribution in [0, 0.1) is 53.3 Å². The molecule has 0 radical (unpaired) electrons. The molecule has 1 N–H and O–H groups in total. The molecule has 9 atom stereocenters. The van der Waals surface area contributed by atoms with Gasteiger partial charge in [0, 0.05) is 50.5 Å². The first-order valence-corrected chi connectivity index (χ1v) is 36.0. The van der Waals surface area contributed by atoms with E-state index in [1.54, 1.807) is 0 Å². The molecule has 8 fully saturated rings. The number of carbonyl (C=O) groups excluding carboxylic acids is 6. The molecule has 0 bridgehead atoms. The maximum Gasteiger partial charge on any atom is 0.330 e. The fourth-order valence-corrected chi connectivity index (χ4v) is 17.4. The van der Waals surface area contributed by atoms with E-state index in [1.807, 2.05) is 0 Å². The molecule has 16 heteroatoms. The number of likely N-dealkylation sites (tertiary alicyclic amines) is 1. The van der Waals surface area contributed by atoms with E-state index < -0.39 is 5.60 Å². The van der Waals surface area contributed by atoms with Gasteiger partial charge in [-0.25, -0.2) is 14.4 Å². The highest BCUT2D eigenvalue weighted by Gasteiger charge is 2.58. The minimum atomic E-state index is -1.000. The first-order valence-electron chi connectivity index (χ1n) is 36.0. The molecule has 7 aliphatic carbocycles. The Morgan fingerprint density at radius 1 is 0.382 bits per heavy atom. The minimum Gasteiger partial charge on any atom is -0.463 e. The molecule has 8 unspecified atom stereocenters. The van der Waals surface area contributed by atoms with Crippen LogP contribution in [0.1, 0.15) is 244 Å². The van der Waals surface area contributed by atoms with Gasteiger partial charge in [-0.15, -0.1) is 0 Å². The maximum absolute atomic E-state index is 15.0. The van der Waals surface area contributed by atoms with Crippen molar-refractivity contribution in [2.45, 2.75) is 286 Å². The molecule has 8 rings (SSSR count). The van der Waals surface area contributed by atoms with Gasteiger partial charge in [0.05, 0.1) is 61.6 Å². The summed E-state index contributed by atoms with van der Waals surface area (Å²) in [5.74, 6) is 0.803. The quantitative estimate of drug-likeness (QED) is 0.0272. The lowest BCUT2D eigenvalue weighted by atomic mass is 9.55. The van der Waals surface area contributed by atoms with Gasteiger partial charge in [-0.1, -0.05) is 39.0 Å². The first-order chi connectivity index (χ1) is 43.3. The van der Waals surface area contributed by atoms with E-state index in [0.29, 0.717) is 69.9 Å². The van der Waals surface area contributed by atoms with Gasteiger partial charge in [0.25, 0.3) is 0 Å². The number of rotatable bonds is 35. The number of amides is 1. The Hall–Kier alpha value is -4.12. The minimum absolute atomic E-state index is 0.0389. The van der Waals surface area contributed by atoms with Crippen LogP contribution in [-0.4, -0.2) is 134 Å². The lowest BCUT2D eigenvalue weighted by Crippen LogP contribution is -2.62. The summed E-state index contributed by atoms with van der Waals surface area (Å²) < 4.78 is 46.8. The van der Waals surface area contributed by atoms with Crippen molar-refractivity contribution < 1.29 is 71.8 Å². The highest BCUT2D eigenvalue weighted by Crippen LogP contribution is 2.56. The van der Waals surface area contributed by atoms with Crippen LogP contribution < -0.4 is 0 Å². The van der Waals surface area contributed by atoms with Gasteiger partial charge in [0.1, 0.15) is 12.2 Å². The molecule has 1 amide bonds. The van der Waals surface area contributed by atoms with E-state index in [4.69, 9.17) is 37.9 Å². The zero-order valence-corrected chi connectivity index (χ0v) is 54.4. The zero-order chi connectivity index (χ0) is 62.8. The normalized spacial score (nSPS) is 32.0. The van der Waals surface area contributed by atoms with E-state index in [-0.39, 0.29) is 102 Å². The Labute approximate surface area is 533 Å². The number of hydrogen-bond acceptors (Lipinski definition) is 15. The first kappa shape index (κ1) is 70.7. The van der Waals surface area contributed by atoms with Crippen molar-refractivity contribution in [3.63, 3.8) is 0 Å². The summed E-state index contributed by atoms with van der Waals surface area (Å²) in [7, 11) is 0. The number of unbranched alkanes of at least 4 members (excludes halogenated alkanes) is 9. The van der Waals surface area contributed by atoms with Gasteiger partial charge >= 0.3 is 29.8 Å². The Morgan fingerprint density at radius 2 is 0.708 bits per heavy atom. The standard InChI is InChI=1S/C73H115NO15/c1-4-67(75)85-45-16-10-7-13-42-82-61-33-23-52(24-34-61)70(78)74-41-19-20-66(74)73(81,59-31-21-57-50-64(39-29-55(57)48-59)88-71(79)53-25-35-62(36-26-53)83-43-14-8-11-17-46-86-68(76)5-2)60-32-22-58-51-65(40-30-56(58)49-60)89-72(80)54-27-37-63(38-28-54)84-44-15-9-12-18-47-87-69(77)6-3/h4-6,52-66,81H,1-3,7-51H2/t52?,53?,54?,55?,56?,57?,58?,59?,60?,61?,62?,63?,64?,65?,66-,73?/m0/s1. The highest BCUT2D eigenvalue weighted by molar-refractivity contribution is 5.82. The molecule has 16 nitrogen and oxygen atoms in total. The molecular formula is C73H115NO15. The molecule has 0 aromatic carbocycles. The summed E-state index contributed by atoms with van der Waals surface area (Å²) in [6, 6.07) is -0.207. The molecule has 89 heavy (non-hydrogen) atoms. The number of ether oxygens (including phenoxy) is 8. The summed E-state index contributed by atoms with van der Waals surface area (Å²) in [4.78, 5) is 78.4. The van der Waals surface area contributed by atoms with Crippen molar-refractivity contribution in [1.82, 2.24) is 4.90 Å². The third kappa shape index (κ3) is 21.7. The van der Waals surface area contributed by atoms with E-state index in [2.05, 4.69) is 24.6 Å². The molecule has 502 valence electrons. The van der Waals surface area contributed by atoms with Crippen molar-refractivity contribution in [2.75, 3.05) is 46.2 Å². The second-order valence-corrected chi connectivity index (χ2v) is 28.3. The fourth-order valence-electron chi connectivity index (χ4n) is 17.4. The van der Waals surface area contributed by atoms with Crippen LogP contribution in [-0.2, 0) is 66.7 Å². The molecule has 0 aromatic heterocycles.